The minimum absolute atomic E-state index is 0.173. The molecule has 18 heavy (non-hydrogen) atoms. The van der Waals surface area contributed by atoms with E-state index in [9.17, 15) is 0 Å². The van der Waals surface area contributed by atoms with Gasteiger partial charge in [-0.25, -0.2) is 0 Å². The SMILES string of the molecule is CC(=Cc1c(C)cc(C)cc1C)CNC(C)(C)C. The average Bonchev–Trinajstić information content (AvgIpc) is 2.19. The van der Waals surface area contributed by atoms with Crippen molar-refractivity contribution in [2.45, 2.75) is 54.0 Å². The second kappa shape index (κ2) is 5.71. The molecule has 0 amide bonds. The molecule has 0 bridgehead atoms. The Labute approximate surface area is 112 Å². The first kappa shape index (κ1) is 15.0. The van der Waals surface area contributed by atoms with E-state index in [0.29, 0.717) is 0 Å². The summed E-state index contributed by atoms with van der Waals surface area (Å²) in [5, 5.41) is 3.52. The average molecular weight is 245 g/mol. The van der Waals surface area contributed by atoms with E-state index in [0.717, 1.165) is 6.54 Å². The number of nitrogens with one attached hydrogen (secondary N) is 1. The van der Waals surface area contributed by atoms with Crippen molar-refractivity contribution in [2.75, 3.05) is 6.54 Å². The van der Waals surface area contributed by atoms with Crippen LogP contribution in [0.3, 0.4) is 0 Å². The Bertz CT molecular complexity index is 424. The van der Waals surface area contributed by atoms with E-state index in [1.165, 1.54) is 27.8 Å². The maximum Gasteiger partial charge on any atom is 0.0170 e. The fourth-order valence-electron chi connectivity index (χ4n) is 2.12. The summed E-state index contributed by atoms with van der Waals surface area (Å²) in [6.45, 7) is 16.3. The van der Waals surface area contributed by atoms with Crippen molar-refractivity contribution in [2.24, 2.45) is 0 Å². The van der Waals surface area contributed by atoms with Crippen molar-refractivity contribution in [3.05, 3.63) is 40.0 Å². The van der Waals surface area contributed by atoms with E-state index in [1.54, 1.807) is 0 Å². The smallest absolute Gasteiger partial charge is 0.0170 e. The topological polar surface area (TPSA) is 12.0 Å². The van der Waals surface area contributed by atoms with Crippen molar-refractivity contribution in [3.8, 4) is 0 Å². The highest BCUT2D eigenvalue weighted by Gasteiger charge is 2.08. The maximum atomic E-state index is 3.52. The molecule has 0 radical (unpaired) electrons. The summed E-state index contributed by atoms with van der Waals surface area (Å²) >= 11 is 0. The van der Waals surface area contributed by atoms with Crippen molar-refractivity contribution in [1.29, 1.82) is 0 Å². The Balaban J connectivity index is 2.89. The van der Waals surface area contributed by atoms with Crippen LogP contribution in [0, 0.1) is 20.8 Å². The molecule has 0 saturated carbocycles. The highest BCUT2D eigenvalue weighted by molar-refractivity contribution is 5.60. The minimum Gasteiger partial charge on any atom is -0.308 e. The molecule has 0 saturated heterocycles. The highest BCUT2D eigenvalue weighted by Crippen LogP contribution is 2.19. The Morgan fingerprint density at radius 1 is 1.11 bits per heavy atom. The number of aryl methyl sites for hydroxylation is 3. The second-order valence-electron chi connectivity index (χ2n) is 6.41. The lowest BCUT2D eigenvalue weighted by atomic mass is 9.98. The zero-order chi connectivity index (χ0) is 13.9. The van der Waals surface area contributed by atoms with E-state index in [4.69, 9.17) is 0 Å². The molecule has 0 fully saturated rings. The first-order valence-electron chi connectivity index (χ1n) is 6.69. The maximum absolute atomic E-state index is 3.52. The summed E-state index contributed by atoms with van der Waals surface area (Å²) in [7, 11) is 0. The van der Waals surface area contributed by atoms with Crippen LogP contribution in [0.2, 0.25) is 0 Å². The number of benzene rings is 1. The molecule has 0 aliphatic rings. The van der Waals surface area contributed by atoms with Gasteiger partial charge >= 0.3 is 0 Å². The molecule has 1 nitrogen and oxygen atoms in total. The molecule has 1 aromatic carbocycles. The predicted octanol–water partition coefficient (Wildman–Crippen LogP) is 4.40. The highest BCUT2D eigenvalue weighted by atomic mass is 14.9. The summed E-state index contributed by atoms with van der Waals surface area (Å²) in [5.41, 5.74) is 6.98. The van der Waals surface area contributed by atoms with Crippen LogP contribution in [0.1, 0.15) is 49.9 Å². The lowest BCUT2D eigenvalue weighted by molar-refractivity contribution is 0.445. The van der Waals surface area contributed by atoms with Crippen molar-refractivity contribution < 1.29 is 0 Å². The van der Waals surface area contributed by atoms with Gasteiger partial charge in [0.1, 0.15) is 0 Å². The van der Waals surface area contributed by atoms with Crippen molar-refractivity contribution >= 4 is 6.08 Å². The first-order valence-corrected chi connectivity index (χ1v) is 6.69. The van der Waals surface area contributed by atoms with Gasteiger partial charge in [0.15, 0.2) is 0 Å². The summed E-state index contributed by atoms with van der Waals surface area (Å²) in [5.74, 6) is 0. The minimum atomic E-state index is 0.173. The first-order chi connectivity index (χ1) is 8.19. The lowest BCUT2D eigenvalue weighted by Crippen LogP contribution is -2.36. The summed E-state index contributed by atoms with van der Waals surface area (Å²) in [4.78, 5) is 0. The van der Waals surface area contributed by atoms with Crippen LogP contribution in [0.4, 0.5) is 0 Å². The third-order valence-electron chi connectivity index (χ3n) is 3.03. The van der Waals surface area contributed by atoms with Gasteiger partial charge in [-0.15, -0.1) is 0 Å². The van der Waals surface area contributed by atoms with Crippen molar-refractivity contribution in [1.82, 2.24) is 5.32 Å². The number of hydrogen-bond donors (Lipinski definition) is 1. The van der Waals surface area contributed by atoms with Crippen molar-refractivity contribution in [3.63, 3.8) is 0 Å². The molecule has 1 rings (SSSR count). The number of rotatable bonds is 3. The third kappa shape index (κ3) is 4.66. The molecule has 100 valence electrons. The predicted molar refractivity (Wildman–Crippen MR) is 82.1 cm³/mol. The van der Waals surface area contributed by atoms with Gasteiger partial charge in [0.2, 0.25) is 0 Å². The molecule has 1 aromatic rings. The zero-order valence-electron chi connectivity index (χ0n) is 12.9. The van der Waals surface area contributed by atoms with Crippen LogP contribution >= 0.6 is 0 Å². The third-order valence-corrected chi connectivity index (χ3v) is 3.03. The van der Waals surface area contributed by atoms with Crippen LogP contribution < -0.4 is 5.32 Å². The standard InChI is InChI=1S/C17H27N/c1-12-8-14(3)16(15(4)9-12)10-13(2)11-18-17(5,6)7/h8-10,18H,11H2,1-7H3. The van der Waals surface area contributed by atoms with Gasteiger partial charge in [-0.2, -0.15) is 0 Å². The monoisotopic (exact) mass is 245 g/mol. The van der Waals surface area contributed by atoms with Crippen LogP contribution in [-0.4, -0.2) is 12.1 Å². The Morgan fingerprint density at radius 3 is 2.06 bits per heavy atom. The van der Waals surface area contributed by atoms with Gasteiger partial charge in [0.25, 0.3) is 0 Å². The van der Waals surface area contributed by atoms with Crippen LogP contribution in [0.15, 0.2) is 17.7 Å². The zero-order valence-corrected chi connectivity index (χ0v) is 12.9. The Kier molecular flexibility index (Phi) is 4.75. The summed E-state index contributed by atoms with van der Waals surface area (Å²) in [6, 6.07) is 4.51. The molecule has 0 aliphatic heterocycles. The quantitative estimate of drug-likeness (QED) is 0.832. The largest absolute Gasteiger partial charge is 0.308 e. The van der Waals surface area contributed by atoms with Gasteiger partial charge in [-0.1, -0.05) is 29.3 Å². The van der Waals surface area contributed by atoms with E-state index in [-0.39, 0.29) is 5.54 Å². The molecule has 0 spiro atoms. The van der Waals surface area contributed by atoms with Crippen LogP contribution in [-0.2, 0) is 0 Å². The second-order valence-corrected chi connectivity index (χ2v) is 6.41. The normalized spacial score (nSPS) is 12.9. The summed E-state index contributed by atoms with van der Waals surface area (Å²) < 4.78 is 0. The van der Waals surface area contributed by atoms with Gasteiger partial charge in [0.05, 0.1) is 0 Å². The fourth-order valence-corrected chi connectivity index (χ4v) is 2.12. The lowest BCUT2D eigenvalue weighted by Gasteiger charge is -2.21. The van der Waals surface area contributed by atoms with E-state index >= 15 is 0 Å². The molecular formula is C17H27N. The van der Waals surface area contributed by atoms with E-state index in [1.807, 2.05) is 0 Å². The van der Waals surface area contributed by atoms with E-state index < -0.39 is 0 Å². The van der Waals surface area contributed by atoms with Gasteiger partial charge in [-0.05, 0) is 65.2 Å². The molecule has 0 heterocycles. The molecule has 0 atom stereocenters. The fraction of sp³-hybridized carbons (Fsp3) is 0.529. The van der Waals surface area contributed by atoms with Gasteiger partial charge in [-0.3, -0.25) is 0 Å². The van der Waals surface area contributed by atoms with E-state index in [2.05, 4.69) is 72.0 Å². The number of hydrogen-bond acceptors (Lipinski definition) is 1. The molecule has 1 heteroatoms. The molecule has 1 N–H and O–H groups in total. The molecule has 0 aromatic heterocycles. The Hall–Kier alpha value is -1.08. The molecular weight excluding hydrogens is 218 g/mol. The van der Waals surface area contributed by atoms with Crippen LogP contribution in [0.5, 0.6) is 0 Å². The van der Waals surface area contributed by atoms with Gasteiger partial charge < -0.3 is 5.32 Å². The van der Waals surface area contributed by atoms with Gasteiger partial charge in [0, 0.05) is 12.1 Å². The molecule has 0 unspecified atom stereocenters. The Morgan fingerprint density at radius 2 is 1.61 bits per heavy atom. The summed E-state index contributed by atoms with van der Waals surface area (Å²) in [6.07, 6.45) is 2.31. The molecule has 0 aliphatic carbocycles. The van der Waals surface area contributed by atoms with Crippen LogP contribution in [0.25, 0.3) is 6.08 Å².